The van der Waals surface area contributed by atoms with Gasteiger partial charge in [-0.1, -0.05) is 141 Å². The second kappa shape index (κ2) is 16.0. The standard InChI is InChI=1S/C49H34N2S.C6H6.C2H6/c1-31-14-21-36(22-15-31)50-44-11-5-2-8-38(44)41-28-34(18-25-46(41)50)35-19-26-47-42(29-35)39-9-3-6-12-45(39)51(47)37-23-16-32(17-24-37)33-20-27-49-43(30-33)40-10-4-7-13-48(40)52-49;1-2-4-6-5-3-1;1-2/h3-7,9-30H,2,8H2,1H3;1-6H;1-2H3. The molecule has 0 bridgehead atoms. The molecule has 60 heavy (non-hydrogen) atoms. The highest BCUT2D eigenvalue weighted by Crippen LogP contribution is 2.40. The molecule has 3 heterocycles. The molecule has 0 amide bonds. The number of nitrogens with zero attached hydrogens (tertiary/aromatic N) is 2. The molecule has 0 aliphatic heterocycles. The number of aryl methyl sites for hydroxylation is 2. The van der Waals surface area contributed by atoms with Gasteiger partial charge in [0.1, 0.15) is 0 Å². The average Bonchev–Trinajstić information content (AvgIpc) is 3.98. The number of rotatable bonds is 4. The molecule has 0 spiro atoms. The summed E-state index contributed by atoms with van der Waals surface area (Å²) in [6, 6.07) is 68.5. The Bertz CT molecular complexity index is 3290. The summed E-state index contributed by atoms with van der Waals surface area (Å²) >= 11 is 1.87. The highest BCUT2D eigenvalue weighted by Gasteiger charge is 2.20. The molecule has 11 aromatic rings. The Morgan fingerprint density at radius 1 is 0.417 bits per heavy atom. The third-order valence-electron chi connectivity index (χ3n) is 11.7. The van der Waals surface area contributed by atoms with E-state index in [2.05, 4.69) is 180 Å². The monoisotopic (exact) mass is 790 g/mol. The topological polar surface area (TPSA) is 9.86 Å². The number of hydrogen-bond donors (Lipinski definition) is 0. The molecule has 0 fully saturated rings. The van der Waals surface area contributed by atoms with Crippen LogP contribution in [0.3, 0.4) is 0 Å². The van der Waals surface area contributed by atoms with E-state index in [9.17, 15) is 0 Å². The fourth-order valence-corrected chi connectivity index (χ4v) is 10.00. The van der Waals surface area contributed by atoms with E-state index in [4.69, 9.17) is 0 Å². The van der Waals surface area contributed by atoms with Gasteiger partial charge >= 0.3 is 0 Å². The molecule has 0 atom stereocenters. The van der Waals surface area contributed by atoms with Crippen molar-refractivity contribution in [3.05, 3.63) is 211 Å². The van der Waals surface area contributed by atoms with Gasteiger partial charge in [0.05, 0.1) is 16.6 Å². The minimum Gasteiger partial charge on any atom is -0.310 e. The molecule has 1 aliphatic carbocycles. The van der Waals surface area contributed by atoms with Gasteiger partial charge in [-0.05, 0) is 126 Å². The molecule has 3 aromatic heterocycles. The Hall–Kier alpha value is -6.94. The number of thiophene rings is 1. The summed E-state index contributed by atoms with van der Waals surface area (Å²) in [6.07, 6.45) is 6.78. The van der Waals surface area contributed by atoms with Crippen LogP contribution in [0.5, 0.6) is 0 Å². The molecule has 0 unspecified atom stereocenters. The molecule has 12 rings (SSSR count). The number of hydrogen-bond acceptors (Lipinski definition) is 1. The zero-order valence-electron chi connectivity index (χ0n) is 34.3. The molecule has 290 valence electrons. The summed E-state index contributed by atoms with van der Waals surface area (Å²) in [6.45, 7) is 6.15. The van der Waals surface area contributed by atoms with Crippen LogP contribution in [0.25, 0.3) is 92.6 Å². The third kappa shape index (κ3) is 6.62. The summed E-state index contributed by atoms with van der Waals surface area (Å²) in [5, 5.41) is 6.57. The van der Waals surface area contributed by atoms with Gasteiger partial charge in [-0.2, -0.15) is 0 Å². The quantitative estimate of drug-likeness (QED) is 0.168. The molecule has 2 nitrogen and oxygen atoms in total. The van der Waals surface area contributed by atoms with Gasteiger partial charge in [0.25, 0.3) is 0 Å². The van der Waals surface area contributed by atoms with Crippen molar-refractivity contribution >= 4 is 70.3 Å². The molecule has 0 N–H and O–H groups in total. The summed E-state index contributed by atoms with van der Waals surface area (Å²) in [5.74, 6) is 0. The zero-order valence-corrected chi connectivity index (χ0v) is 35.1. The van der Waals surface area contributed by atoms with Crippen LogP contribution in [0.4, 0.5) is 0 Å². The SMILES string of the molecule is CC.Cc1ccc(-n2c3c(c4cc(-c5ccc6c(c5)c5ccccc5n6-c5ccc(-c6ccc7sc8ccccc8c7c6)cc5)ccc42)CCC=C3)cc1.c1ccccc1. The summed E-state index contributed by atoms with van der Waals surface area (Å²) in [5.41, 5.74) is 15.1. The zero-order chi connectivity index (χ0) is 40.6. The van der Waals surface area contributed by atoms with E-state index in [0.717, 1.165) is 12.8 Å². The fourth-order valence-electron chi connectivity index (χ4n) is 8.91. The first-order chi connectivity index (χ1) is 29.7. The van der Waals surface area contributed by atoms with Crippen molar-refractivity contribution in [2.24, 2.45) is 0 Å². The van der Waals surface area contributed by atoms with Gasteiger partial charge in [-0.15, -0.1) is 11.3 Å². The maximum atomic E-state index is 2.44. The van der Waals surface area contributed by atoms with Crippen LogP contribution in [0.15, 0.2) is 194 Å². The van der Waals surface area contributed by atoms with Crippen molar-refractivity contribution in [3.63, 3.8) is 0 Å². The highest BCUT2D eigenvalue weighted by molar-refractivity contribution is 7.25. The highest BCUT2D eigenvalue weighted by atomic mass is 32.1. The van der Waals surface area contributed by atoms with E-state index in [-0.39, 0.29) is 0 Å². The van der Waals surface area contributed by atoms with Crippen LogP contribution in [0.2, 0.25) is 0 Å². The molecule has 8 aromatic carbocycles. The summed E-state index contributed by atoms with van der Waals surface area (Å²) < 4.78 is 7.53. The largest absolute Gasteiger partial charge is 0.310 e. The second-order valence-corrected chi connectivity index (χ2v) is 16.4. The van der Waals surface area contributed by atoms with Gasteiger partial charge in [-0.3, -0.25) is 0 Å². The van der Waals surface area contributed by atoms with Gasteiger partial charge in [-0.25, -0.2) is 0 Å². The molecule has 1 aliphatic rings. The molecule has 0 saturated carbocycles. The third-order valence-corrected chi connectivity index (χ3v) is 12.9. The van der Waals surface area contributed by atoms with Crippen molar-refractivity contribution in [1.29, 1.82) is 0 Å². The van der Waals surface area contributed by atoms with Crippen molar-refractivity contribution in [2.45, 2.75) is 33.6 Å². The van der Waals surface area contributed by atoms with E-state index in [1.807, 2.05) is 61.6 Å². The summed E-state index contributed by atoms with van der Waals surface area (Å²) in [7, 11) is 0. The first-order valence-electron chi connectivity index (χ1n) is 21.1. The van der Waals surface area contributed by atoms with Gasteiger partial charge in [0.15, 0.2) is 0 Å². The molecular formula is C57H46N2S. The van der Waals surface area contributed by atoms with E-state index in [1.54, 1.807) is 0 Å². The number of fused-ring (bicyclic) bond motifs is 9. The summed E-state index contributed by atoms with van der Waals surface area (Å²) in [4.78, 5) is 0. The minimum atomic E-state index is 1.06. The smallest absolute Gasteiger partial charge is 0.0541 e. The molecular weight excluding hydrogens is 745 g/mol. The van der Waals surface area contributed by atoms with Crippen molar-refractivity contribution in [2.75, 3.05) is 0 Å². The van der Waals surface area contributed by atoms with Crippen LogP contribution in [-0.4, -0.2) is 9.13 Å². The van der Waals surface area contributed by atoms with Gasteiger partial charge in [0.2, 0.25) is 0 Å². The normalized spacial score (nSPS) is 12.1. The van der Waals surface area contributed by atoms with Crippen LogP contribution in [0.1, 0.15) is 37.1 Å². The van der Waals surface area contributed by atoms with Crippen LogP contribution in [0, 0.1) is 6.92 Å². The fraction of sp³-hybridized carbons (Fsp3) is 0.0877. The lowest BCUT2D eigenvalue weighted by Crippen LogP contribution is -2.00. The van der Waals surface area contributed by atoms with Gasteiger partial charge in [0, 0.05) is 53.4 Å². The Balaban J connectivity index is 0.000000494. The predicted octanol–water partition coefficient (Wildman–Crippen LogP) is 16.4. The van der Waals surface area contributed by atoms with Gasteiger partial charge < -0.3 is 9.13 Å². The first-order valence-corrected chi connectivity index (χ1v) is 22.0. The Morgan fingerprint density at radius 3 is 1.67 bits per heavy atom. The van der Waals surface area contributed by atoms with E-state index < -0.39 is 0 Å². The minimum absolute atomic E-state index is 1.06. The lowest BCUT2D eigenvalue weighted by Gasteiger charge is -2.12. The second-order valence-electron chi connectivity index (χ2n) is 15.3. The Morgan fingerprint density at radius 2 is 0.933 bits per heavy atom. The van der Waals surface area contributed by atoms with Crippen LogP contribution < -0.4 is 0 Å². The van der Waals surface area contributed by atoms with E-state index >= 15 is 0 Å². The maximum Gasteiger partial charge on any atom is 0.0541 e. The maximum absolute atomic E-state index is 2.44. The molecule has 3 heteroatoms. The van der Waals surface area contributed by atoms with Crippen molar-refractivity contribution in [3.8, 4) is 33.6 Å². The molecule has 0 saturated heterocycles. The van der Waals surface area contributed by atoms with E-state index in [1.165, 1.54) is 103 Å². The van der Waals surface area contributed by atoms with Crippen molar-refractivity contribution < 1.29 is 0 Å². The number of allylic oxidation sites excluding steroid dienone is 1. The van der Waals surface area contributed by atoms with Crippen molar-refractivity contribution in [1.82, 2.24) is 9.13 Å². The number of para-hydroxylation sites is 1. The Kier molecular flexibility index (Phi) is 9.97. The van der Waals surface area contributed by atoms with Crippen LogP contribution >= 0.6 is 11.3 Å². The number of aromatic nitrogens is 2. The lowest BCUT2D eigenvalue weighted by molar-refractivity contribution is 0.967. The number of benzene rings is 8. The predicted molar refractivity (Wildman–Crippen MR) is 261 cm³/mol. The lowest BCUT2D eigenvalue weighted by atomic mass is 9.97. The average molecular weight is 791 g/mol. The first kappa shape index (κ1) is 37.3. The van der Waals surface area contributed by atoms with E-state index in [0.29, 0.717) is 0 Å². The Labute approximate surface area is 355 Å². The van der Waals surface area contributed by atoms with Crippen LogP contribution in [-0.2, 0) is 6.42 Å². The molecule has 0 radical (unpaired) electrons.